The number of ether oxygens (including phenoxy) is 3. The van der Waals surface area contributed by atoms with Gasteiger partial charge in [0, 0.05) is 7.11 Å². The van der Waals surface area contributed by atoms with Crippen molar-refractivity contribution in [3.8, 4) is 0 Å². The van der Waals surface area contributed by atoms with Gasteiger partial charge >= 0.3 is 5.97 Å². The lowest BCUT2D eigenvalue weighted by molar-refractivity contribution is -0.132. The van der Waals surface area contributed by atoms with Crippen molar-refractivity contribution in [3.63, 3.8) is 0 Å². The van der Waals surface area contributed by atoms with Gasteiger partial charge in [0.25, 0.3) is 0 Å². The van der Waals surface area contributed by atoms with Crippen LogP contribution in [0.5, 0.6) is 0 Å². The van der Waals surface area contributed by atoms with Crippen LogP contribution in [0.15, 0.2) is 42.7 Å². The molecule has 4 nitrogen and oxygen atoms in total. The van der Waals surface area contributed by atoms with Crippen LogP contribution in [-0.4, -0.2) is 30.9 Å². The van der Waals surface area contributed by atoms with Gasteiger partial charge in [0.15, 0.2) is 6.10 Å². The van der Waals surface area contributed by atoms with E-state index in [0.717, 1.165) is 0 Å². The minimum atomic E-state index is -0.537. The molecular weight excluding hydrogens is 244 g/mol. The summed E-state index contributed by atoms with van der Waals surface area (Å²) in [6, 6.07) is 8.89. The van der Waals surface area contributed by atoms with Gasteiger partial charge in [-0.15, -0.1) is 0 Å². The molecule has 0 N–H and O–H groups in total. The fraction of sp³-hybridized carbons (Fsp3) is 0.400. The third-order valence-electron chi connectivity index (χ3n) is 3.13. The Labute approximate surface area is 113 Å². The van der Waals surface area contributed by atoms with Crippen molar-refractivity contribution >= 4 is 5.97 Å². The van der Waals surface area contributed by atoms with Crippen LogP contribution < -0.4 is 0 Å². The van der Waals surface area contributed by atoms with Crippen LogP contribution in [0.1, 0.15) is 24.2 Å². The second-order valence-corrected chi connectivity index (χ2v) is 4.94. The van der Waals surface area contributed by atoms with E-state index in [0.29, 0.717) is 5.56 Å². The van der Waals surface area contributed by atoms with Crippen LogP contribution in [0, 0.1) is 0 Å². The Kier molecular flexibility index (Phi) is 3.90. The molecule has 1 aromatic rings. The minimum absolute atomic E-state index is 0.342. The molecule has 0 aliphatic carbocycles. The first-order valence-corrected chi connectivity index (χ1v) is 6.18. The zero-order valence-corrected chi connectivity index (χ0v) is 11.3. The molecule has 0 radical (unpaired) electrons. The number of rotatable bonds is 3. The van der Waals surface area contributed by atoms with Crippen LogP contribution >= 0.6 is 0 Å². The normalized spacial score (nSPS) is 24.6. The highest BCUT2D eigenvalue weighted by Crippen LogP contribution is 2.27. The molecule has 0 saturated carbocycles. The minimum Gasteiger partial charge on any atom is -0.493 e. The quantitative estimate of drug-likeness (QED) is 0.785. The smallest absolute Gasteiger partial charge is 0.338 e. The van der Waals surface area contributed by atoms with E-state index in [1.807, 2.05) is 19.9 Å². The molecule has 1 heterocycles. The lowest BCUT2D eigenvalue weighted by Gasteiger charge is -2.38. The molecule has 0 aromatic heterocycles. The van der Waals surface area contributed by atoms with Crippen molar-refractivity contribution in [2.75, 3.05) is 7.11 Å². The zero-order valence-electron chi connectivity index (χ0n) is 11.3. The maximum Gasteiger partial charge on any atom is 0.338 e. The van der Waals surface area contributed by atoms with Gasteiger partial charge in [-0.05, 0) is 32.1 Å². The molecule has 0 spiro atoms. The van der Waals surface area contributed by atoms with Gasteiger partial charge in [0.1, 0.15) is 11.7 Å². The number of carbonyl (C=O) groups excluding carboxylic acids is 1. The first-order chi connectivity index (χ1) is 9.04. The van der Waals surface area contributed by atoms with E-state index in [2.05, 4.69) is 0 Å². The third-order valence-corrected chi connectivity index (χ3v) is 3.13. The first-order valence-electron chi connectivity index (χ1n) is 6.18. The van der Waals surface area contributed by atoms with Crippen molar-refractivity contribution in [1.29, 1.82) is 0 Å². The maximum absolute atomic E-state index is 12.0. The highest BCUT2D eigenvalue weighted by atomic mass is 16.6. The summed E-state index contributed by atoms with van der Waals surface area (Å²) in [6.07, 6.45) is 2.45. The number of hydrogen-bond donors (Lipinski definition) is 0. The summed E-state index contributed by atoms with van der Waals surface area (Å²) < 4.78 is 16.4. The number of carbonyl (C=O) groups is 1. The summed E-state index contributed by atoms with van der Waals surface area (Å²) in [4.78, 5) is 12.0. The SMILES string of the molecule is CO[C@@H]1[C@@H](OC(=O)c2ccccc2)C=COC1(C)C. The molecule has 1 aliphatic heterocycles. The molecule has 0 fully saturated rings. The van der Waals surface area contributed by atoms with Gasteiger partial charge in [-0.2, -0.15) is 0 Å². The summed E-state index contributed by atoms with van der Waals surface area (Å²) in [6.45, 7) is 3.79. The average Bonchev–Trinajstić information content (AvgIpc) is 2.39. The maximum atomic E-state index is 12.0. The van der Waals surface area contributed by atoms with Gasteiger partial charge in [-0.3, -0.25) is 0 Å². The van der Waals surface area contributed by atoms with Crippen LogP contribution in [0.4, 0.5) is 0 Å². The fourth-order valence-corrected chi connectivity index (χ4v) is 2.14. The Morgan fingerprint density at radius 2 is 1.95 bits per heavy atom. The second kappa shape index (κ2) is 5.45. The predicted molar refractivity (Wildman–Crippen MR) is 70.7 cm³/mol. The largest absolute Gasteiger partial charge is 0.493 e. The number of benzene rings is 1. The van der Waals surface area contributed by atoms with E-state index in [1.165, 1.54) is 0 Å². The second-order valence-electron chi connectivity index (χ2n) is 4.94. The molecule has 0 saturated heterocycles. The Morgan fingerprint density at radius 3 is 2.58 bits per heavy atom. The monoisotopic (exact) mass is 262 g/mol. The molecule has 1 aliphatic rings. The lowest BCUT2D eigenvalue weighted by Crippen LogP contribution is -2.50. The third kappa shape index (κ3) is 2.96. The summed E-state index contributed by atoms with van der Waals surface area (Å²) in [7, 11) is 1.58. The van der Waals surface area contributed by atoms with E-state index >= 15 is 0 Å². The summed E-state index contributed by atoms with van der Waals surface area (Å²) >= 11 is 0. The Bertz CT molecular complexity index is 464. The first kappa shape index (κ1) is 13.6. The lowest BCUT2D eigenvalue weighted by atomic mass is 9.94. The Hall–Kier alpha value is -1.81. The standard InChI is InChI=1S/C15H18O4/c1-15(2)13(17-3)12(9-10-18-15)19-14(16)11-7-5-4-6-8-11/h4-10,12-13H,1-3H3/t12-,13+/m0/s1. The Balaban J connectivity index is 2.12. The van der Waals surface area contributed by atoms with Crippen LogP contribution in [0.2, 0.25) is 0 Å². The van der Waals surface area contributed by atoms with Crippen LogP contribution in [0.3, 0.4) is 0 Å². The molecule has 2 rings (SSSR count). The van der Waals surface area contributed by atoms with Gasteiger partial charge in [0.05, 0.1) is 11.8 Å². The molecule has 19 heavy (non-hydrogen) atoms. The van der Waals surface area contributed by atoms with E-state index in [9.17, 15) is 4.79 Å². The van der Waals surface area contributed by atoms with Crippen molar-refractivity contribution in [2.24, 2.45) is 0 Å². The highest BCUT2D eigenvalue weighted by molar-refractivity contribution is 5.89. The summed E-state index contributed by atoms with van der Waals surface area (Å²) in [5.74, 6) is -0.366. The van der Waals surface area contributed by atoms with Crippen LogP contribution in [-0.2, 0) is 14.2 Å². The van der Waals surface area contributed by atoms with Gasteiger partial charge in [0.2, 0.25) is 0 Å². The molecule has 2 atom stereocenters. The topological polar surface area (TPSA) is 44.8 Å². The highest BCUT2D eigenvalue weighted by Gasteiger charge is 2.41. The van der Waals surface area contributed by atoms with Crippen molar-refractivity contribution in [2.45, 2.75) is 31.7 Å². The molecule has 0 amide bonds. The van der Waals surface area contributed by atoms with Crippen molar-refractivity contribution in [3.05, 3.63) is 48.2 Å². The molecule has 1 aromatic carbocycles. The van der Waals surface area contributed by atoms with E-state index in [4.69, 9.17) is 14.2 Å². The van der Waals surface area contributed by atoms with Gasteiger partial charge in [-0.25, -0.2) is 4.79 Å². The van der Waals surface area contributed by atoms with Crippen molar-refractivity contribution in [1.82, 2.24) is 0 Å². The van der Waals surface area contributed by atoms with E-state index in [1.54, 1.807) is 43.7 Å². The Morgan fingerprint density at radius 1 is 1.26 bits per heavy atom. The van der Waals surface area contributed by atoms with E-state index in [-0.39, 0.29) is 12.1 Å². The van der Waals surface area contributed by atoms with Crippen molar-refractivity contribution < 1.29 is 19.0 Å². The zero-order chi connectivity index (χ0) is 13.9. The molecular formula is C15H18O4. The van der Waals surface area contributed by atoms with Gasteiger partial charge < -0.3 is 14.2 Å². The number of methoxy groups -OCH3 is 1. The van der Waals surface area contributed by atoms with Gasteiger partial charge in [-0.1, -0.05) is 18.2 Å². The molecule has 0 unspecified atom stereocenters. The predicted octanol–water partition coefficient (Wildman–Crippen LogP) is 2.55. The number of hydrogen-bond acceptors (Lipinski definition) is 4. The summed E-state index contributed by atoms with van der Waals surface area (Å²) in [5.41, 5.74) is -0.0134. The molecule has 102 valence electrons. The fourth-order valence-electron chi connectivity index (χ4n) is 2.14. The summed E-state index contributed by atoms with van der Waals surface area (Å²) in [5, 5.41) is 0. The number of esters is 1. The molecule has 4 heteroatoms. The average molecular weight is 262 g/mol. The van der Waals surface area contributed by atoms with E-state index < -0.39 is 11.7 Å². The molecule has 0 bridgehead atoms. The van der Waals surface area contributed by atoms with Crippen LogP contribution in [0.25, 0.3) is 0 Å².